The fourth-order valence-electron chi connectivity index (χ4n) is 2.25. The fraction of sp³-hybridized carbons (Fsp3) is 0.158. The van der Waals surface area contributed by atoms with Gasteiger partial charge in [-0.05, 0) is 29.8 Å². The van der Waals surface area contributed by atoms with E-state index in [2.05, 4.69) is 10.3 Å². The molecule has 26 heavy (non-hydrogen) atoms. The summed E-state index contributed by atoms with van der Waals surface area (Å²) in [6.07, 6.45) is 2.33. The van der Waals surface area contributed by atoms with Gasteiger partial charge < -0.3 is 9.47 Å². The lowest BCUT2D eigenvalue weighted by molar-refractivity contribution is -0.118. The van der Waals surface area contributed by atoms with Crippen molar-refractivity contribution in [2.45, 2.75) is 6.42 Å². The van der Waals surface area contributed by atoms with Gasteiger partial charge in [-0.25, -0.2) is 9.37 Å². The molecule has 0 aliphatic rings. The van der Waals surface area contributed by atoms with Gasteiger partial charge >= 0.3 is 0 Å². The van der Waals surface area contributed by atoms with Crippen molar-refractivity contribution >= 4 is 22.4 Å². The molecule has 1 amide bonds. The van der Waals surface area contributed by atoms with Gasteiger partial charge in [-0.1, -0.05) is 18.2 Å². The zero-order chi connectivity index (χ0) is 18.4. The Kier molecular flexibility index (Phi) is 5.80. The van der Waals surface area contributed by atoms with E-state index in [0.717, 1.165) is 10.4 Å². The van der Waals surface area contributed by atoms with Crippen molar-refractivity contribution in [1.29, 1.82) is 0 Å². The van der Waals surface area contributed by atoms with Crippen molar-refractivity contribution in [3.63, 3.8) is 0 Å². The van der Waals surface area contributed by atoms with Crippen molar-refractivity contribution in [3.05, 3.63) is 71.0 Å². The minimum absolute atomic E-state index is 0.125. The maximum atomic E-state index is 12.9. The normalized spacial score (nSPS) is 10.4. The van der Waals surface area contributed by atoms with Crippen molar-refractivity contribution < 1.29 is 18.7 Å². The second kappa shape index (κ2) is 8.44. The van der Waals surface area contributed by atoms with E-state index in [1.807, 2.05) is 0 Å². The summed E-state index contributed by atoms with van der Waals surface area (Å²) in [5, 5.41) is 3.21. The predicted molar refractivity (Wildman–Crippen MR) is 98.4 cm³/mol. The molecule has 7 heteroatoms. The molecule has 134 valence electrons. The smallest absolute Gasteiger partial charge is 0.264 e. The first-order valence-corrected chi connectivity index (χ1v) is 8.70. The van der Waals surface area contributed by atoms with E-state index >= 15 is 0 Å². The Morgan fingerprint density at radius 1 is 1.19 bits per heavy atom. The van der Waals surface area contributed by atoms with Crippen LogP contribution in [0.25, 0.3) is 0 Å². The SMILES string of the molecule is COc1cccc(OCC(=O)Nc2ncc(Cc3ccc(F)cc3)s2)c1. The Morgan fingerprint density at radius 2 is 1.96 bits per heavy atom. The molecule has 1 N–H and O–H groups in total. The molecule has 0 aliphatic heterocycles. The van der Waals surface area contributed by atoms with E-state index in [1.54, 1.807) is 49.7 Å². The quantitative estimate of drug-likeness (QED) is 0.683. The van der Waals surface area contributed by atoms with Crippen LogP contribution in [0.1, 0.15) is 10.4 Å². The van der Waals surface area contributed by atoms with Gasteiger partial charge in [0.05, 0.1) is 7.11 Å². The summed E-state index contributed by atoms with van der Waals surface area (Å²) in [6.45, 7) is -0.125. The average Bonchev–Trinajstić information content (AvgIpc) is 3.09. The summed E-state index contributed by atoms with van der Waals surface area (Å²) in [7, 11) is 1.57. The second-order valence-electron chi connectivity index (χ2n) is 5.45. The molecule has 0 atom stereocenters. The van der Waals surface area contributed by atoms with Crippen LogP contribution < -0.4 is 14.8 Å². The van der Waals surface area contributed by atoms with Crippen LogP contribution in [0.5, 0.6) is 11.5 Å². The van der Waals surface area contributed by atoms with Gasteiger partial charge in [-0.3, -0.25) is 10.1 Å². The van der Waals surface area contributed by atoms with Crippen LogP contribution in [0.2, 0.25) is 0 Å². The Bertz CT molecular complexity index is 881. The minimum Gasteiger partial charge on any atom is -0.497 e. The molecule has 0 radical (unpaired) electrons. The first-order valence-electron chi connectivity index (χ1n) is 7.88. The Hall–Kier alpha value is -2.93. The number of anilines is 1. The zero-order valence-electron chi connectivity index (χ0n) is 14.1. The number of carbonyl (C=O) groups excluding carboxylic acids is 1. The third-order valence-corrected chi connectivity index (χ3v) is 4.42. The van der Waals surface area contributed by atoms with Gasteiger partial charge in [-0.2, -0.15) is 0 Å². The molecule has 3 aromatic rings. The highest BCUT2D eigenvalue weighted by atomic mass is 32.1. The predicted octanol–water partition coefficient (Wildman–Crippen LogP) is 3.90. The van der Waals surface area contributed by atoms with Gasteiger partial charge in [0.2, 0.25) is 0 Å². The Balaban J connectivity index is 1.51. The molecule has 2 aromatic carbocycles. The number of thiazole rings is 1. The van der Waals surface area contributed by atoms with E-state index in [1.165, 1.54) is 23.5 Å². The highest BCUT2D eigenvalue weighted by Gasteiger charge is 2.09. The zero-order valence-corrected chi connectivity index (χ0v) is 14.9. The molecular formula is C19H17FN2O3S. The number of benzene rings is 2. The number of nitrogens with one attached hydrogen (secondary N) is 1. The lowest BCUT2D eigenvalue weighted by atomic mass is 10.1. The highest BCUT2D eigenvalue weighted by Crippen LogP contribution is 2.22. The molecule has 0 aliphatic carbocycles. The molecule has 0 unspecified atom stereocenters. The summed E-state index contributed by atoms with van der Waals surface area (Å²) in [6, 6.07) is 13.4. The summed E-state index contributed by atoms with van der Waals surface area (Å²) in [5.41, 5.74) is 0.981. The molecule has 0 saturated carbocycles. The van der Waals surface area contributed by atoms with Crippen LogP contribution in [-0.2, 0) is 11.2 Å². The van der Waals surface area contributed by atoms with Crippen molar-refractivity contribution in [3.8, 4) is 11.5 Å². The second-order valence-corrected chi connectivity index (χ2v) is 6.57. The highest BCUT2D eigenvalue weighted by molar-refractivity contribution is 7.15. The van der Waals surface area contributed by atoms with Crippen LogP contribution in [-0.4, -0.2) is 24.6 Å². The van der Waals surface area contributed by atoms with Crippen LogP contribution in [0.3, 0.4) is 0 Å². The summed E-state index contributed by atoms with van der Waals surface area (Å²) >= 11 is 1.38. The lowest BCUT2D eigenvalue weighted by Crippen LogP contribution is -2.19. The first-order chi connectivity index (χ1) is 12.6. The fourth-order valence-corrected chi connectivity index (χ4v) is 3.11. The van der Waals surface area contributed by atoms with Gasteiger partial charge in [0.15, 0.2) is 11.7 Å². The first kappa shape index (κ1) is 17.9. The van der Waals surface area contributed by atoms with Gasteiger partial charge in [0, 0.05) is 23.6 Å². The van der Waals surface area contributed by atoms with Crippen LogP contribution in [0.4, 0.5) is 9.52 Å². The molecule has 3 rings (SSSR count). The van der Waals surface area contributed by atoms with Gasteiger partial charge in [0.1, 0.15) is 17.3 Å². The third-order valence-electron chi connectivity index (χ3n) is 3.50. The maximum absolute atomic E-state index is 12.9. The number of halogens is 1. The third kappa shape index (κ3) is 5.03. The monoisotopic (exact) mass is 372 g/mol. The number of methoxy groups -OCH3 is 1. The van der Waals surface area contributed by atoms with E-state index in [-0.39, 0.29) is 18.3 Å². The van der Waals surface area contributed by atoms with E-state index in [4.69, 9.17) is 9.47 Å². The van der Waals surface area contributed by atoms with Gasteiger partial charge in [-0.15, -0.1) is 11.3 Å². The van der Waals surface area contributed by atoms with Crippen molar-refractivity contribution in [2.75, 3.05) is 19.0 Å². The largest absolute Gasteiger partial charge is 0.497 e. The number of hydrogen-bond donors (Lipinski definition) is 1. The average molecular weight is 372 g/mol. The van der Waals surface area contributed by atoms with Crippen LogP contribution in [0.15, 0.2) is 54.7 Å². The standard InChI is InChI=1S/C19H17FN2O3S/c1-24-15-3-2-4-16(10-15)25-12-18(23)22-19-21-11-17(26-19)9-13-5-7-14(20)8-6-13/h2-8,10-11H,9,12H2,1H3,(H,21,22,23). The summed E-state index contributed by atoms with van der Waals surface area (Å²) in [5.74, 6) is 0.654. The Morgan fingerprint density at radius 3 is 2.73 bits per heavy atom. The van der Waals surface area contributed by atoms with E-state index in [0.29, 0.717) is 23.1 Å². The number of amides is 1. The Labute approximate surface area is 154 Å². The van der Waals surface area contributed by atoms with Crippen LogP contribution >= 0.6 is 11.3 Å². The van der Waals surface area contributed by atoms with Crippen molar-refractivity contribution in [2.24, 2.45) is 0 Å². The van der Waals surface area contributed by atoms with Crippen molar-refractivity contribution in [1.82, 2.24) is 4.98 Å². The maximum Gasteiger partial charge on any atom is 0.264 e. The van der Waals surface area contributed by atoms with E-state index in [9.17, 15) is 9.18 Å². The molecule has 1 aromatic heterocycles. The summed E-state index contributed by atoms with van der Waals surface area (Å²) in [4.78, 5) is 17.2. The number of rotatable bonds is 7. The molecule has 0 saturated heterocycles. The molecule has 5 nitrogen and oxygen atoms in total. The molecule has 1 heterocycles. The van der Waals surface area contributed by atoms with Crippen LogP contribution in [0, 0.1) is 5.82 Å². The molecule has 0 spiro atoms. The van der Waals surface area contributed by atoms with E-state index < -0.39 is 0 Å². The number of carbonyl (C=O) groups is 1. The minimum atomic E-state index is -0.296. The number of aromatic nitrogens is 1. The van der Waals surface area contributed by atoms with Gasteiger partial charge in [0.25, 0.3) is 5.91 Å². The summed E-state index contributed by atoms with van der Waals surface area (Å²) < 4.78 is 23.5. The molecule has 0 fully saturated rings. The topological polar surface area (TPSA) is 60.5 Å². The molecular weight excluding hydrogens is 355 g/mol. The molecule has 0 bridgehead atoms. The number of ether oxygens (including phenoxy) is 2. The number of nitrogens with zero attached hydrogens (tertiary/aromatic N) is 1. The number of hydrogen-bond acceptors (Lipinski definition) is 5. The lowest BCUT2D eigenvalue weighted by Gasteiger charge is -2.07.